The van der Waals surface area contributed by atoms with E-state index in [0.29, 0.717) is 12.5 Å². The minimum absolute atomic E-state index is 0.0182. The zero-order valence-electron chi connectivity index (χ0n) is 10.3. The Labute approximate surface area is 97.5 Å². The molecule has 1 aliphatic carbocycles. The van der Waals surface area contributed by atoms with Gasteiger partial charge in [-0.25, -0.2) is 0 Å². The van der Waals surface area contributed by atoms with E-state index in [1.165, 1.54) is 19.3 Å². The summed E-state index contributed by atoms with van der Waals surface area (Å²) in [6.07, 6.45) is 5.95. The molecule has 0 N–H and O–H groups in total. The van der Waals surface area contributed by atoms with Crippen molar-refractivity contribution in [2.75, 3.05) is 6.61 Å². The lowest BCUT2D eigenvalue weighted by Gasteiger charge is -2.26. The summed E-state index contributed by atoms with van der Waals surface area (Å²) in [5.74, 6) is 0.167. The molecule has 0 radical (unpaired) electrons. The maximum atomic E-state index is 11.8. The number of hydrogen-bond donors (Lipinski definition) is 0. The first-order valence-electron chi connectivity index (χ1n) is 6.33. The predicted octanol–water partition coefficient (Wildman–Crippen LogP) is 2.73. The minimum atomic E-state index is -0.379. The van der Waals surface area contributed by atoms with Crippen molar-refractivity contribution in [1.82, 2.24) is 0 Å². The number of Topliss-reactive ketones (excluding diaryl/α,β-unsaturated/α-hetero) is 1. The number of ether oxygens (including phenoxy) is 1. The number of ketones is 1. The number of carbonyl (C=O) groups excluding carboxylic acids is 2. The van der Waals surface area contributed by atoms with Crippen LogP contribution >= 0.6 is 0 Å². The summed E-state index contributed by atoms with van der Waals surface area (Å²) in [5.41, 5.74) is 0. The monoisotopic (exact) mass is 226 g/mol. The van der Waals surface area contributed by atoms with E-state index in [2.05, 4.69) is 0 Å². The molecule has 1 unspecified atom stereocenters. The summed E-state index contributed by atoms with van der Waals surface area (Å²) < 4.78 is 4.79. The molecule has 0 heterocycles. The third-order valence-electron chi connectivity index (χ3n) is 3.49. The van der Waals surface area contributed by atoms with Crippen LogP contribution in [0.2, 0.25) is 0 Å². The van der Waals surface area contributed by atoms with E-state index in [1.54, 1.807) is 6.92 Å². The van der Waals surface area contributed by atoms with Crippen LogP contribution in [0.5, 0.6) is 0 Å². The van der Waals surface area contributed by atoms with E-state index < -0.39 is 0 Å². The molecule has 3 heteroatoms. The van der Waals surface area contributed by atoms with Gasteiger partial charge in [0.25, 0.3) is 0 Å². The molecule has 16 heavy (non-hydrogen) atoms. The van der Waals surface area contributed by atoms with E-state index in [0.717, 1.165) is 12.8 Å². The zero-order valence-corrected chi connectivity index (χ0v) is 10.3. The van der Waals surface area contributed by atoms with Crippen LogP contribution in [-0.4, -0.2) is 18.4 Å². The second-order valence-electron chi connectivity index (χ2n) is 4.63. The van der Waals surface area contributed by atoms with Crippen LogP contribution in [0.3, 0.4) is 0 Å². The van der Waals surface area contributed by atoms with E-state index in [-0.39, 0.29) is 24.1 Å². The van der Waals surface area contributed by atoms with Crippen molar-refractivity contribution in [2.45, 2.75) is 52.4 Å². The molecule has 1 saturated carbocycles. The fourth-order valence-electron chi connectivity index (χ4n) is 2.41. The van der Waals surface area contributed by atoms with Crippen molar-refractivity contribution in [2.24, 2.45) is 11.8 Å². The summed E-state index contributed by atoms with van der Waals surface area (Å²) in [5, 5.41) is 0. The van der Waals surface area contributed by atoms with Crippen LogP contribution in [0.25, 0.3) is 0 Å². The van der Waals surface area contributed by atoms with Gasteiger partial charge in [-0.05, 0) is 25.7 Å². The van der Waals surface area contributed by atoms with Gasteiger partial charge >= 0.3 is 5.97 Å². The van der Waals surface area contributed by atoms with Gasteiger partial charge < -0.3 is 4.74 Å². The first-order chi connectivity index (χ1) is 7.65. The number of carbonyl (C=O) groups is 2. The molecule has 0 saturated heterocycles. The second-order valence-corrected chi connectivity index (χ2v) is 4.63. The SMILES string of the molecule is CCOC(=O)CC(=O)C(C)C1CCCCC1. The number of esters is 1. The maximum Gasteiger partial charge on any atom is 0.313 e. The normalized spacial score (nSPS) is 19.1. The Kier molecular flexibility index (Phi) is 5.50. The highest BCUT2D eigenvalue weighted by Gasteiger charge is 2.26. The molecule has 92 valence electrons. The fraction of sp³-hybridized carbons (Fsp3) is 0.846. The average Bonchev–Trinajstić information content (AvgIpc) is 2.29. The highest BCUT2D eigenvalue weighted by Crippen LogP contribution is 2.30. The van der Waals surface area contributed by atoms with Crippen LogP contribution in [0.4, 0.5) is 0 Å². The molecule has 1 aliphatic rings. The molecular formula is C13H22O3. The smallest absolute Gasteiger partial charge is 0.313 e. The van der Waals surface area contributed by atoms with Gasteiger partial charge in [0.15, 0.2) is 0 Å². The standard InChI is InChI=1S/C13H22O3/c1-3-16-13(15)9-12(14)10(2)11-7-5-4-6-8-11/h10-11H,3-9H2,1-2H3. The predicted molar refractivity (Wildman–Crippen MR) is 62.0 cm³/mol. The van der Waals surface area contributed by atoms with Gasteiger partial charge in [-0.3, -0.25) is 9.59 Å². The van der Waals surface area contributed by atoms with E-state index in [9.17, 15) is 9.59 Å². The molecule has 1 fully saturated rings. The summed E-state index contributed by atoms with van der Waals surface area (Å²) in [4.78, 5) is 23.0. The van der Waals surface area contributed by atoms with Gasteiger partial charge in [0, 0.05) is 5.92 Å². The van der Waals surface area contributed by atoms with E-state index >= 15 is 0 Å². The Morgan fingerprint density at radius 1 is 1.25 bits per heavy atom. The molecule has 0 aromatic heterocycles. The Bertz CT molecular complexity index is 242. The fourth-order valence-corrected chi connectivity index (χ4v) is 2.41. The summed E-state index contributed by atoms with van der Waals surface area (Å²) >= 11 is 0. The van der Waals surface area contributed by atoms with E-state index in [1.807, 2.05) is 6.92 Å². The molecule has 0 aromatic carbocycles. The van der Waals surface area contributed by atoms with E-state index in [4.69, 9.17) is 4.74 Å². The molecule has 0 bridgehead atoms. The van der Waals surface area contributed by atoms with Crippen LogP contribution in [0, 0.1) is 11.8 Å². The Balaban J connectivity index is 2.37. The lowest BCUT2D eigenvalue weighted by Crippen LogP contribution is -2.25. The molecule has 1 atom stereocenters. The molecule has 0 aromatic rings. The summed E-state index contributed by atoms with van der Waals surface area (Å²) in [6.45, 7) is 4.06. The highest BCUT2D eigenvalue weighted by atomic mass is 16.5. The number of hydrogen-bond acceptors (Lipinski definition) is 3. The highest BCUT2D eigenvalue weighted by molar-refractivity contribution is 5.96. The van der Waals surface area contributed by atoms with Crippen LogP contribution in [-0.2, 0) is 14.3 Å². The van der Waals surface area contributed by atoms with Crippen molar-refractivity contribution in [3.63, 3.8) is 0 Å². The zero-order chi connectivity index (χ0) is 12.0. The average molecular weight is 226 g/mol. The van der Waals surface area contributed by atoms with Gasteiger partial charge in [0.05, 0.1) is 6.61 Å². The molecule has 1 rings (SSSR count). The van der Waals surface area contributed by atoms with Crippen LogP contribution in [0.15, 0.2) is 0 Å². The topological polar surface area (TPSA) is 43.4 Å². The van der Waals surface area contributed by atoms with Crippen LogP contribution in [0.1, 0.15) is 52.4 Å². The van der Waals surface area contributed by atoms with Crippen molar-refractivity contribution in [1.29, 1.82) is 0 Å². The van der Waals surface area contributed by atoms with Crippen molar-refractivity contribution >= 4 is 11.8 Å². The Morgan fingerprint density at radius 2 is 1.88 bits per heavy atom. The van der Waals surface area contributed by atoms with Gasteiger partial charge in [-0.15, -0.1) is 0 Å². The molecular weight excluding hydrogens is 204 g/mol. The van der Waals surface area contributed by atoms with Crippen molar-refractivity contribution in [3.05, 3.63) is 0 Å². The lowest BCUT2D eigenvalue weighted by molar-refractivity contribution is -0.146. The van der Waals surface area contributed by atoms with Gasteiger partial charge in [0.2, 0.25) is 0 Å². The summed E-state index contributed by atoms with van der Waals surface area (Å²) in [6, 6.07) is 0. The molecule has 0 aliphatic heterocycles. The van der Waals surface area contributed by atoms with Gasteiger partial charge in [-0.2, -0.15) is 0 Å². The van der Waals surface area contributed by atoms with Crippen molar-refractivity contribution < 1.29 is 14.3 Å². The maximum absolute atomic E-state index is 11.8. The molecule has 0 spiro atoms. The summed E-state index contributed by atoms with van der Waals surface area (Å²) in [7, 11) is 0. The second kappa shape index (κ2) is 6.66. The largest absolute Gasteiger partial charge is 0.466 e. The minimum Gasteiger partial charge on any atom is -0.466 e. The Hall–Kier alpha value is -0.860. The van der Waals surface area contributed by atoms with Gasteiger partial charge in [0.1, 0.15) is 12.2 Å². The quantitative estimate of drug-likeness (QED) is 0.534. The third-order valence-corrected chi connectivity index (χ3v) is 3.49. The molecule has 0 amide bonds. The molecule has 3 nitrogen and oxygen atoms in total. The first kappa shape index (κ1) is 13.2. The first-order valence-corrected chi connectivity index (χ1v) is 6.33. The lowest BCUT2D eigenvalue weighted by atomic mass is 9.78. The van der Waals surface area contributed by atoms with Crippen molar-refractivity contribution in [3.8, 4) is 0 Å². The third kappa shape index (κ3) is 3.95. The number of rotatable bonds is 5. The van der Waals surface area contributed by atoms with Crippen LogP contribution < -0.4 is 0 Å². The van der Waals surface area contributed by atoms with Gasteiger partial charge in [-0.1, -0.05) is 26.2 Å². The Morgan fingerprint density at radius 3 is 2.44 bits per heavy atom.